The van der Waals surface area contributed by atoms with Gasteiger partial charge in [-0.25, -0.2) is 5.01 Å². The van der Waals surface area contributed by atoms with E-state index in [2.05, 4.69) is 63.4 Å². The molecule has 2 heterocycles. The number of hydrogen-bond acceptors (Lipinski definition) is 4. The fourth-order valence-corrected chi connectivity index (χ4v) is 4.45. The minimum Gasteiger partial charge on any atom is -0.491 e. The molecule has 2 unspecified atom stereocenters. The van der Waals surface area contributed by atoms with Crippen molar-refractivity contribution in [2.24, 2.45) is 5.10 Å². The van der Waals surface area contributed by atoms with Gasteiger partial charge in [0.1, 0.15) is 11.5 Å². The molecule has 30 heavy (non-hydrogen) atoms. The predicted octanol–water partition coefficient (Wildman–Crippen LogP) is 6.48. The largest absolute Gasteiger partial charge is 0.491 e. The minimum absolute atomic E-state index is 0.137. The van der Waals surface area contributed by atoms with E-state index in [1.807, 2.05) is 44.2 Å². The molecular weight excluding hydrogens is 440 g/mol. The van der Waals surface area contributed by atoms with Crippen molar-refractivity contribution in [2.45, 2.75) is 38.6 Å². The maximum absolute atomic E-state index is 6.45. The van der Waals surface area contributed by atoms with Crippen molar-refractivity contribution in [3.8, 4) is 11.5 Å². The Morgan fingerprint density at radius 1 is 1.03 bits per heavy atom. The first-order valence-corrected chi connectivity index (χ1v) is 11.0. The van der Waals surface area contributed by atoms with E-state index in [1.54, 1.807) is 0 Å². The van der Waals surface area contributed by atoms with Gasteiger partial charge in [0.05, 0.1) is 17.9 Å². The van der Waals surface area contributed by atoms with Crippen molar-refractivity contribution < 1.29 is 9.47 Å². The minimum atomic E-state index is -0.280. The Morgan fingerprint density at radius 2 is 1.80 bits per heavy atom. The van der Waals surface area contributed by atoms with Crippen LogP contribution in [0.1, 0.15) is 49.2 Å². The Bertz CT molecular complexity index is 1080. The quantitative estimate of drug-likeness (QED) is 0.444. The summed E-state index contributed by atoms with van der Waals surface area (Å²) in [4.78, 5) is 0. The molecule has 2 aliphatic rings. The lowest BCUT2D eigenvalue weighted by atomic mass is 9.96. The van der Waals surface area contributed by atoms with E-state index >= 15 is 0 Å². The van der Waals surface area contributed by atoms with Gasteiger partial charge >= 0.3 is 0 Å². The molecule has 3 aromatic rings. The number of fused-ring (bicyclic) bond motifs is 3. The van der Waals surface area contributed by atoms with Crippen LogP contribution in [0.15, 0.2) is 82.4 Å². The monoisotopic (exact) mass is 462 g/mol. The summed E-state index contributed by atoms with van der Waals surface area (Å²) in [5.74, 6) is 1.77. The summed E-state index contributed by atoms with van der Waals surface area (Å²) in [5, 5.41) is 7.12. The highest BCUT2D eigenvalue weighted by molar-refractivity contribution is 9.10. The summed E-state index contributed by atoms with van der Waals surface area (Å²) >= 11 is 3.61. The second-order valence-corrected chi connectivity index (χ2v) is 8.82. The molecule has 3 aromatic carbocycles. The van der Waals surface area contributed by atoms with Gasteiger partial charge in [-0.05, 0) is 61.9 Å². The molecule has 5 rings (SSSR count). The fraction of sp³-hybridized carbons (Fsp3) is 0.240. The third-order valence-electron chi connectivity index (χ3n) is 5.40. The van der Waals surface area contributed by atoms with Crippen LogP contribution in [-0.2, 0) is 0 Å². The van der Waals surface area contributed by atoms with E-state index in [9.17, 15) is 0 Å². The Labute approximate surface area is 185 Å². The normalized spacial score (nSPS) is 19.7. The molecule has 0 aliphatic carbocycles. The van der Waals surface area contributed by atoms with Crippen molar-refractivity contribution in [2.75, 3.05) is 0 Å². The Balaban J connectivity index is 1.53. The zero-order valence-electron chi connectivity index (χ0n) is 17.0. The van der Waals surface area contributed by atoms with Crippen molar-refractivity contribution in [1.82, 2.24) is 5.01 Å². The third kappa shape index (κ3) is 3.58. The highest BCUT2D eigenvalue weighted by atomic mass is 79.9. The zero-order chi connectivity index (χ0) is 20.7. The fourth-order valence-electron chi connectivity index (χ4n) is 4.07. The zero-order valence-corrected chi connectivity index (χ0v) is 18.5. The Morgan fingerprint density at radius 3 is 2.53 bits per heavy atom. The van der Waals surface area contributed by atoms with Gasteiger partial charge in [-0.15, -0.1) is 0 Å². The molecule has 0 radical (unpaired) electrons. The standard InChI is InChI=1S/C25H23BrN2O2/c1-16(2)29-20-11-8-18(9-12-20)25-28-23(21-14-19(26)10-13-24(21)30-25)15-22(27-28)17-6-4-3-5-7-17/h3-14,16,23,25H,15H2,1-2H3. The van der Waals surface area contributed by atoms with Crippen molar-refractivity contribution in [3.05, 3.63) is 94.0 Å². The number of halogens is 1. The molecule has 2 aliphatic heterocycles. The second kappa shape index (κ2) is 7.80. The van der Waals surface area contributed by atoms with Crippen LogP contribution < -0.4 is 9.47 Å². The van der Waals surface area contributed by atoms with Crippen molar-refractivity contribution >= 4 is 21.6 Å². The topological polar surface area (TPSA) is 34.1 Å². The number of nitrogens with zero attached hydrogens (tertiary/aromatic N) is 2. The lowest BCUT2D eigenvalue weighted by Crippen LogP contribution is -2.33. The molecule has 0 saturated heterocycles. The van der Waals surface area contributed by atoms with E-state index in [0.29, 0.717) is 0 Å². The number of hydrazone groups is 1. The number of rotatable bonds is 4. The van der Waals surface area contributed by atoms with Crippen molar-refractivity contribution in [1.29, 1.82) is 0 Å². The molecule has 5 heteroatoms. The van der Waals surface area contributed by atoms with Gasteiger partial charge < -0.3 is 9.47 Å². The summed E-state index contributed by atoms with van der Waals surface area (Å²) in [6.45, 7) is 4.06. The first-order chi connectivity index (χ1) is 14.6. The van der Waals surface area contributed by atoms with Gasteiger partial charge in [-0.3, -0.25) is 0 Å². The van der Waals surface area contributed by atoms with Crippen LogP contribution in [0.2, 0.25) is 0 Å². The first-order valence-electron chi connectivity index (χ1n) is 10.2. The van der Waals surface area contributed by atoms with Gasteiger partial charge in [-0.2, -0.15) is 5.10 Å². The lowest BCUT2D eigenvalue weighted by Gasteiger charge is -2.38. The van der Waals surface area contributed by atoms with E-state index in [0.717, 1.165) is 44.8 Å². The highest BCUT2D eigenvalue weighted by Gasteiger charge is 2.41. The third-order valence-corrected chi connectivity index (χ3v) is 5.89. The van der Waals surface area contributed by atoms with Crippen LogP contribution in [-0.4, -0.2) is 16.8 Å². The number of hydrogen-bond donors (Lipinski definition) is 0. The number of ether oxygens (including phenoxy) is 2. The maximum atomic E-state index is 6.45. The molecular formula is C25H23BrN2O2. The van der Waals surface area contributed by atoms with Crippen LogP contribution in [0, 0.1) is 0 Å². The van der Waals surface area contributed by atoms with Crippen LogP contribution in [0.25, 0.3) is 0 Å². The van der Waals surface area contributed by atoms with Gasteiger partial charge in [-0.1, -0.05) is 46.3 Å². The van der Waals surface area contributed by atoms with Crippen LogP contribution in [0.4, 0.5) is 0 Å². The molecule has 0 spiro atoms. The first kappa shape index (κ1) is 19.2. The SMILES string of the molecule is CC(C)Oc1ccc(C2Oc3ccc(Br)cc3C3CC(c4ccccc4)=NN32)cc1. The maximum Gasteiger partial charge on any atom is 0.213 e. The number of benzene rings is 3. The van der Waals surface area contributed by atoms with Gasteiger partial charge in [0.2, 0.25) is 6.23 Å². The molecule has 0 amide bonds. The smallest absolute Gasteiger partial charge is 0.213 e. The molecule has 0 bridgehead atoms. The van der Waals surface area contributed by atoms with Crippen LogP contribution in [0.5, 0.6) is 11.5 Å². The van der Waals surface area contributed by atoms with E-state index < -0.39 is 0 Å². The van der Waals surface area contributed by atoms with Crippen LogP contribution >= 0.6 is 15.9 Å². The van der Waals surface area contributed by atoms with Crippen LogP contribution in [0.3, 0.4) is 0 Å². The molecule has 0 saturated carbocycles. The predicted molar refractivity (Wildman–Crippen MR) is 122 cm³/mol. The average Bonchev–Trinajstić information content (AvgIpc) is 3.20. The molecule has 2 atom stereocenters. The average molecular weight is 463 g/mol. The summed E-state index contributed by atoms with van der Waals surface area (Å²) in [6, 6.07) is 24.9. The van der Waals surface area contributed by atoms with Gasteiger partial charge in [0, 0.05) is 22.0 Å². The Hall–Kier alpha value is -2.79. The lowest BCUT2D eigenvalue weighted by molar-refractivity contribution is -0.0191. The van der Waals surface area contributed by atoms with E-state index in [-0.39, 0.29) is 18.4 Å². The van der Waals surface area contributed by atoms with E-state index in [1.165, 1.54) is 0 Å². The van der Waals surface area contributed by atoms with Gasteiger partial charge in [0.15, 0.2) is 0 Å². The van der Waals surface area contributed by atoms with Crippen molar-refractivity contribution in [3.63, 3.8) is 0 Å². The molecule has 4 nitrogen and oxygen atoms in total. The molecule has 0 fully saturated rings. The van der Waals surface area contributed by atoms with Gasteiger partial charge in [0.25, 0.3) is 0 Å². The summed E-state index contributed by atoms with van der Waals surface area (Å²) < 4.78 is 13.3. The summed E-state index contributed by atoms with van der Waals surface area (Å²) in [5.41, 5.74) is 4.46. The highest BCUT2D eigenvalue weighted by Crippen LogP contribution is 2.48. The Kier molecular flexibility index (Phi) is 4.99. The summed E-state index contributed by atoms with van der Waals surface area (Å²) in [7, 11) is 0. The molecule has 152 valence electrons. The molecule has 0 N–H and O–H groups in total. The van der Waals surface area contributed by atoms with E-state index in [4.69, 9.17) is 14.6 Å². The second-order valence-electron chi connectivity index (χ2n) is 7.90. The summed E-state index contributed by atoms with van der Waals surface area (Å²) in [6.07, 6.45) is 0.716. The molecule has 0 aromatic heterocycles.